The molecular weight excluding hydrogens is 422 g/mol. The van der Waals surface area contributed by atoms with E-state index in [1.54, 1.807) is 6.08 Å². The van der Waals surface area contributed by atoms with Crippen LogP contribution in [0.3, 0.4) is 0 Å². The Kier molecular flexibility index (Phi) is 6.52. The monoisotopic (exact) mass is 443 g/mol. The summed E-state index contributed by atoms with van der Waals surface area (Å²) in [4.78, 5) is 26.9. The largest absolute Gasteiger partial charge is 0.467 e. The molecule has 0 aliphatic carbocycles. The highest BCUT2D eigenvalue weighted by molar-refractivity contribution is 9.10. The number of amides is 1. The molecular formula is C22H22BrNO4. The third kappa shape index (κ3) is 4.44. The van der Waals surface area contributed by atoms with Crippen molar-refractivity contribution in [1.29, 1.82) is 0 Å². The van der Waals surface area contributed by atoms with E-state index in [-0.39, 0.29) is 18.6 Å². The van der Waals surface area contributed by atoms with E-state index < -0.39 is 18.1 Å². The summed E-state index contributed by atoms with van der Waals surface area (Å²) in [5.74, 6) is -0.492. The quantitative estimate of drug-likeness (QED) is 0.499. The molecule has 1 amide bonds. The molecule has 146 valence electrons. The lowest BCUT2D eigenvalue weighted by molar-refractivity contribution is -0.146. The zero-order valence-corrected chi connectivity index (χ0v) is 17.3. The van der Waals surface area contributed by atoms with Crippen molar-refractivity contribution < 1.29 is 19.1 Å². The van der Waals surface area contributed by atoms with Crippen LogP contribution in [0.1, 0.15) is 24.1 Å². The van der Waals surface area contributed by atoms with Crippen molar-refractivity contribution in [2.45, 2.75) is 25.6 Å². The summed E-state index contributed by atoms with van der Waals surface area (Å²) in [7, 11) is 1.32. The number of esters is 1. The van der Waals surface area contributed by atoms with Crippen LogP contribution < -0.4 is 0 Å². The lowest BCUT2D eigenvalue weighted by atomic mass is 9.88. The van der Waals surface area contributed by atoms with Gasteiger partial charge in [-0.2, -0.15) is 0 Å². The van der Waals surface area contributed by atoms with Crippen molar-refractivity contribution >= 4 is 28.0 Å². The van der Waals surface area contributed by atoms with Gasteiger partial charge in [0.15, 0.2) is 6.04 Å². The summed E-state index contributed by atoms with van der Waals surface area (Å²) < 4.78 is 11.4. The van der Waals surface area contributed by atoms with Crippen molar-refractivity contribution in [3.8, 4) is 0 Å². The molecule has 28 heavy (non-hydrogen) atoms. The smallest absolute Gasteiger partial charge is 0.411 e. The second kappa shape index (κ2) is 9.06. The van der Waals surface area contributed by atoms with Crippen molar-refractivity contribution in [2.75, 3.05) is 7.11 Å². The average Bonchev–Trinajstić information content (AvgIpc) is 2.72. The first-order valence-electron chi connectivity index (χ1n) is 9.02. The first kappa shape index (κ1) is 20.1. The molecule has 1 unspecified atom stereocenters. The van der Waals surface area contributed by atoms with Crippen molar-refractivity contribution in [3.05, 3.63) is 82.3 Å². The van der Waals surface area contributed by atoms with Crippen LogP contribution in [0, 0.1) is 5.92 Å². The van der Waals surface area contributed by atoms with Crippen molar-refractivity contribution in [3.63, 3.8) is 0 Å². The van der Waals surface area contributed by atoms with Gasteiger partial charge in [-0.15, -0.1) is 0 Å². The van der Waals surface area contributed by atoms with Gasteiger partial charge in [0, 0.05) is 4.47 Å². The fourth-order valence-electron chi connectivity index (χ4n) is 3.36. The molecule has 0 radical (unpaired) electrons. The first-order chi connectivity index (χ1) is 13.5. The van der Waals surface area contributed by atoms with E-state index in [2.05, 4.69) is 15.9 Å². The first-order valence-corrected chi connectivity index (χ1v) is 9.81. The topological polar surface area (TPSA) is 55.8 Å². The number of rotatable bonds is 4. The average molecular weight is 444 g/mol. The van der Waals surface area contributed by atoms with Crippen LogP contribution in [-0.2, 0) is 20.9 Å². The third-order valence-corrected chi connectivity index (χ3v) is 5.29. The molecule has 6 heteroatoms. The molecule has 0 saturated heterocycles. The fourth-order valence-corrected chi connectivity index (χ4v) is 3.63. The molecule has 0 saturated carbocycles. The van der Waals surface area contributed by atoms with Gasteiger partial charge in [-0.05, 0) is 29.2 Å². The number of carbonyl (C=O) groups is 2. The van der Waals surface area contributed by atoms with Crippen LogP contribution in [0.25, 0.3) is 0 Å². The van der Waals surface area contributed by atoms with Crippen LogP contribution in [0.2, 0.25) is 0 Å². The van der Waals surface area contributed by atoms with Crippen LogP contribution in [0.5, 0.6) is 0 Å². The van der Waals surface area contributed by atoms with Crippen LogP contribution in [0.4, 0.5) is 4.79 Å². The van der Waals surface area contributed by atoms with E-state index in [0.29, 0.717) is 0 Å². The van der Waals surface area contributed by atoms with E-state index in [1.807, 2.05) is 67.6 Å². The van der Waals surface area contributed by atoms with Gasteiger partial charge in [-0.25, -0.2) is 9.59 Å². The fraction of sp³-hybridized carbons (Fsp3) is 0.273. The third-order valence-electron chi connectivity index (χ3n) is 4.76. The Morgan fingerprint density at radius 1 is 1.04 bits per heavy atom. The summed E-state index contributed by atoms with van der Waals surface area (Å²) in [6.45, 7) is 2.14. The Morgan fingerprint density at radius 3 is 2.36 bits per heavy atom. The number of carbonyl (C=O) groups excluding carboxylic acids is 2. The van der Waals surface area contributed by atoms with E-state index >= 15 is 0 Å². The van der Waals surface area contributed by atoms with Crippen LogP contribution in [0.15, 0.2) is 71.2 Å². The molecule has 2 aromatic rings. The minimum atomic E-state index is -0.835. The molecule has 3 atom stereocenters. The van der Waals surface area contributed by atoms with Gasteiger partial charge in [0.05, 0.1) is 13.2 Å². The standard InChI is InChI=1S/C22H22BrNO4/c1-15-8-13-19(21(25)27-2)24(20(15)17-9-11-18(23)12-10-17)22(26)28-14-16-6-4-3-5-7-16/h3-13,15,19-20H,14H2,1-2H3/t15-,19?,20-/m0/s1. The van der Waals surface area contributed by atoms with E-state index in [4.69, 9.17) is 9.47 Å². The number of hydrogen-bond donors (Lipinski definition) is 0. The maximum atomic E-state index is 13.1. The van der Waals surface area contributed by atoms with Gasteiger partial charge in [-0.1, -0.05) is 77.5 Å². The second-order valence-electron chi connectivity index (χ2n) is 6.66. The molecule has 3 rings (SSSR count). The summed E-state index contributed by atoms with van der Waals surface area (Å²) in [6, 6.07) is 16.0. The number of nitrogens with zero attached hydrogens (tertiary/aromatic N) is 1. The highest BCUT2D eigenvalue weighted by Gasteiger charge is 2.41. The van der Waals surface area contributed by atoms with Crippen LogP contribution in [-0.4, -0.2) is 30.1 Å². The molecule has 0 bridgehead atoms. The van der Waals surface area contributed by atoms with Crippen molar-refractivity contribution in [1.82, 2.24) is 4.90 Å². The summed E-state index contributed by atoms with van der Waals surface area (Å²) in [5.41, 5.74) is 1.80. The lowest BCUT2D eigenvalue weighted by Gasteiger charge is -2.40. The van der Waals surface area contributed by atoms with Gasteiger partial charge >= 0.3 is 12.1 Å². The summed E-state index contributed by atoms with van der Waals surface area (Å²) in [6.07, 6.45) is 3.09. The number of hydrogen-bond acceptors (Lipinski definition) is 4. The molecule has 0 aromatic heterocycles. The Balaban J connectivity index is 1.91. The zero-order chi connectivity index (χ0) is 20.1. The van der Waals surface area contributed by atoms with E-state index in [9.17, 15) is 9.59 Å². The maximum absolute atomic E-state index is 13.1. The lowest BCUT2D eigenvalue weighted by Crippen LogP contribution is -2.50. The van der Waals surface area contributed by atoms with E-state index in [1.165, 1.54) is 12.0 Å². The van der Waals surface area contributed by atoms with E-state index in [0.717, 1.165) is 15.6 Å². The van der Waals surface area contributed by atoms with Gasteiger partial charge < -0.3 is 9.47 Å². The normalized spacial score (nSPS) is 21.2. The zero-order valence-electron chi connectivity index (χ0n) is 15.7. The number of methoxy groups -OCH3 is 1. The molecule has 1 aliphatic heterocycles. The molecule has 0 spiro atoms. The minimum absolute atomic E-state index is 0.00589. The SMILES string of the molecule is COC(=O)C1C=C[C@H](C)[C@@H](c2ccc(Br)cc2)N1C(=O)OCc1ccccc1. The number of halogens is 1. The Hall–Kier alpha value is -2.60. The predicted molar refractivity (Wildman–Crippen MR) is 109 cm³/mol. The molecule has 0 N–H and O–H groups in total. The number of ether oxygens (including phenoxy) is 2. The van der Waals surface area contributed by atoms with Gasteiger partial charge in [0.2, 0.25) is 0 Å². The van der Waals surface area contributed by atoms with Crippen molar-refractivity contribution in [2.24, 2.45) is 5.92 Å². The highest BCUT2D eigenvalue weighted by atomic mass is 79.9. The highest BCUT2D eigenvalue weighted by Crippen LogP contribution is 2.36. The second-order valence-corrected chi connectivity index (χ2v) is 7.57. The molecule has 1 heterocycles. The molecule has 2 aromatic carbocycles. The summed E-state index contributed by atoms with van der Waals surface area (Å²) in [5, 5.41) is 0. The minimum Gasteiger partial charge on any atom is -0.467 e. The van der Waals surface area contributed by atoms with Gasteiger partial charge in [0.25, 0.3) is 0 Å². The Labute approximate surface area is 173 Å². The van der Waals surface area contributed by atoms with Gasteiger partial charge in [-0.3, -0.25) is 4.90 Å². The summed E-state index contributed by atoms with van der Waals surface area (Å²) >= 11 is 3.43. The number of benzene rings is 2. The van der Waals surface area contributed by atoms with Crippen LogP contribution >= 0.6 is 15.9 Å². The van der Waals surface area contributed by atoms with Gasteiger partial charge in [0.1, 0.15) is 6.61 Å². The molecule has 5 nitrogen and oxygen atoms in total. The predicted octanol–water partition coefficient (Wildman–Crippen LogP) is 4.88. The maximum Gasteiger partial charge on any atom is 0.411 e. The Bertz CT molecular complexity index is 851. The molecule has 0 fully saturated rings. The Morgan fingerprint density at radius 2 is 1.71 bits per heavy atom. The molecule has 1 aliphatic rings.